The maximum atomic E-state index is 13.1. The molecule has 162 valence electrons. The highest BCUT2D eigenvalue weighted by Crippen LogP contribution is 2.28. The molecule has 3 N–H and O–H groups in total. The van der Waals surface area contributed by atoms with E-state index in [1.807, 2.05) is 67.6 Å². The molecule has 3 amide bonds. The number of fused-ring (bicyclic) bond motifs is 1. The van der Waals surface area contributed by atoms with E-state index in [2.05, 4.69) is 16.0 Å². The van der Waals surface area contributed by atoms with Crippen molar-refractivity contribution in [2.45, 2.75) is 13.0 Å². The molecule has 0 spiro atoms. The summed E-state index contributed by atoms with van der Waals surface area (Å²) in [6.45, 7) is 1.99. The van der Waals surface area contributed by atoms with Crippen molar-refractivity contribution >= 4 is 34.8 Å². The van der Waals surface area contributed by atoms with Crippen LogP contribution in [0.3, 0.4) is 0 Å². The van der Waals surface area contributed by atoms with Gasteiger partial charge in [0.1, 0.15) is 6.04 Å². The van der Waals surface area contributed by atoms with Crippen molar-refractivity contribution in [2.24, 2.45) is 0 Å². The second kappa shape index (κ2) is 9.34. The number of para-hydroxylation sites is 2. The van der Waals surface area contributed by atoms with Gasteiger partial charge in [-0.15, -0.1) is 0 Å². The van der Waals surface area contributed by atoms with Gasteiger partial charge in [0.25, 0.3) is 5.91 Å². The van der Waals surface area contributed by atoms with E-state index in [-0.39, 0.29) is 30.8 Å². The molecule has 0 aliphatic carbocycles. The molecule has 7 heteroatoms. The lowest BCUT2D eigenvalue weighted by molar-refractivity contribution is -0.126. The molecule has 0 unspecified atom stereocenters. The Bertz CT molecular complexity index is 1130. The molecular formula is C25H24N4O3. The van der Waals surface area contributed by atoms with Crippen molar-refractivity contribution in [2.75, 3.05) is 28.6 Å². The first-order valence-corrected chi connectivity index (χ1v) is 10.4. The third kappa shape index (κ3) is 4.95. The van der Waals surface area contributed by atoms with Crippen molar-refractivity contribution in [3.8, 4) is 0 Å². The summed E-state index contributed by atoms with van der Waals surface area (Å²) in [5.41, 5.74) is 3.83. The summed E-state index contributed by atoms with van der Waals surface area (Å²) in [5.74, 6) is -0.888. The number of nitrogens with one attached hydrogen (secondary N) is 3. The molecule has 0 saturated carbocycles. The molecule has 1 atom stereocenters. The van der Waals surface area contributed by atoms with Crippen LogP contribution in [0.25, 0.3) is 0 Å². The van der Waals surface area contributed by atoms with E-state index >= 15 is 0 Å². The van der Waals surface area contributed by atoms with Crippen molar-refractivity contribution in [1.29, 1.82) is 0 Å². The van der Waals surface area contributed by atoms with Crippen LogP contribution in [0.15, 0.2) is 78.9 Å². The van der Waals surface area contributed by atoms with Crippen molar-refractivity contribution in [3.63, 3.8) is 0 Å². The van der Waals surface area contributed by atoms with Gasteiger partial charge in [0.2, 0.25) is 11.8 Å². The Hall–Kier alpha value is -4.13. The topological polar surface area (TPSA) is 90.5 Å². The van der Waals surface area contributed by atoms with E-state index in [0.717, 1.165) is 11.3 Å². The molecule has 0 aromatic heterocycles. The summed E-state index contributed by atoms with van der Waals surface area (Å²) in [6, 6.07) is 23.0. The predicted molar refractivity (Wildman–Crippen MR) is 124 cm³/mol. The molecule has 4 rings (SSSR count). The first kappa shape index (κ1) is 21.1. The number of hydrogen-bond donors (Lipinski definition) is 3. The van der Waals surface area contributed by atoms with Crippen LogP contribution in [-0.4, -0.2) is 30.8 Å². The van der Waals surface area contributed by atoms with Gasteiger partial charge in [0, 0.05) is 5.69 Å². The van der Waals surface area contributed by atoms with Gasteiger partial charge in [-0.2, -0.15) is 0 Å². The van der Waals surface area contributed by atoms with E-state index in [9.17, 15) is 14.4 Å². The van der Waals surface area contributed by atoms with E-state index in [0.29, 0.717) is 16.9 Å². The zero-order chi connectivity index (χ0) is 22.5. The Morgan fingerprint density at radius 3 is 2.41 bits per heavy atom. The Kier molecular flexibility index (Phi) is 6.17. The van der Waals surface area contributed by atoms with Crippen LogP contribution in [-0.2, 0) is 14.4 Å². The van der Waals surface area contributed by atoms with Crippen molar-refractivity contribution in [1.82, 2.24) is 5.32 Å². The number of amides is 3. The van der Waals surface area contributed by atoms with Crippen LogP contribution in [0.2, 0.25) is 0 Å². The average molecular weight is 428 g/mol. The first-order chi connectivity index (χ1) is 15.5. The molecule has 0 bridgehead atoms. The molecule has 1 aliphatic rings. The fourth-order valence-electron chi connectivity index (χ4n) is 3.62. The Labute approximate surface area is 186 Å². The van der Waals surface area contributed by atoms with Gasteiger partial charge in [0.15, 0.2) is 0 Å². The third-order valence-electron chi connectivity index (χ3n) is 5.21. The number of carbonyl (C=O) groups is 3. The predicted octanol–water partition coefficient (Wildman–Crippen LogP) is 3.25. The summed E-state index contributed by atoms with van der Waals surface area (Å²) in [7, 11) is 0. The quantitative estimate of drug-likeness (QED) is 0.562. The summed E-state index contributed by atoms with van der Waals surface area (Å²) < 4.78 is 0. The zero-order valence-corrected chi connectivity index (χ0v) is 17.7. The maximum absolute atomic E-state index is 13.1. The Balaban J connectivity index is 1.51. The number of benzene rings is 3. The van der Waals surface area contributed by atoms with Gasteiger partial charge >= 0.3 is 0 Å². The minimum atomic E-state index is -0.876. The molecule has 1 heterocycles. The molecule has 3 aromatic rings. The van der Waals surface area contributed by atoms with Crippen LogP contribution < -0.4 is 20.9 Å². The Morgan fingerprint density at radius 1 is 0.969 bits per heavy atom. The number of nitrogens with zero attached hydrogens (tertiary/aromatic N) is 1. The first-order valence-electron chi connectivity index (χ1n) is 10.4. The van der Waals surface area contributed by atoms with E-state index in [1.165, 1.54) is 0 Å². The monoisotopic (exact) mass is 428 g/mol. The average Bonchev–Trinajstić information content (AvgIpc) is 2.79. The van der Waals surface area contributed by atoms with Gasteiger partial charge in [-0.3, -0.25) is 14.4 Å². The molecule has 0 saturated heterocycles. The van der Waals surface area contributed by atoms with Crippen LogP contribution in [0.4, 0.5) is 17.1 Å². The SMILES string of the molecule is Cc1ccc(NC(=O)[C@H](NC(=O)CN2CC(=O)Nc3ccccc32)c2ccccc2)cc1. The molecule has 3 aromatic carbocycles. The lowest BCUT2D eigenvalue weighted by Crippen LogP contribution is -2.46. The largest absolute Gasteiger partial charge is 0.351 e. The molecule has 0 radical (unpaired) electrons. The number of rotatable bonds is 6. The number of aryl methyl sites for hydroxylation is 1. The Morgan fingerprint density at radius 2 is 1.66 bits per heavy atom. The smallest absolute Gasteiger partial charge is 0.251 e. The normalized spacial score (nSPS) is 13.5. The minimum absolute atomic E-state index is 0.0500. The van der Waals surface area contributed by atoms with Gasteiger partial charge < -0.3 is 20.9 Å². The number of hydrogen-bond acceptors (Lipinski definition) is 4. The highest BCUT2D eigenvalue weighted by molar-refractivity contribution is 6.03. The van der Waals surface area contributed by atoms with Gasteiger partial charge in [0.05, 0.1) is 24.5 Å². The fourth-order valence-corrected chi connectivity index (χ4v) is 3.62. The summed E-state index contributed by atoms with van der Waals surface area (Å²) in [6.07, 6.45) is 0. The summed E-state index contributed by atoms with van der Waals surface area (Å²) in [4.78, 5) is 39.8. The second-order valence-electron chi connectivity index (χ2n) is 7.69. The minimum Gasteiger partial charge on any atom is -0.351 e. The summed E-state index contributed by atoms with van der Waals surface area (Å²) in [5, 5.41) is 8.50. The number of anilines is 3. The molecule has 7 nitrogen and oxygen atoms in total. The lowest BCUT2D eigenvalue weighted by atomic mass is 10.1. The van der Waals surface area contributed by atoms with Crippen LogP contribution in [0.5, 0.6) is 0 Å². The number of carbonyl (C=O) groups excluding carboxylic acids is 3. The standard InChI is InChI=1S/C25H24N4O3/c1-17-11-13-19(14-12-17)26-25(32)24(18-7-3-2-4-8-18)28-23(31)16-29-15-22(30)27-20-9-5-6-10-21(20)29/h2-14,24H,15-16H2,1H3,(H,26,32)(H,27,30)(H,28,31)/t24-/m1/s1. The highest BCUT2D eigenvalue weighted by atomic mass is 16.2. The summed E-state index contributed by atoms with van der Waals surface area (Å²) >= 11 is 0. The highest BCUT2D eigenvalue weighted by Gasteiger charge is 2.27. The molecule has 1 aliphatic heterocycles. The zero-order valence-electron chi connectivity index (χ0n) is 17.7. The van der Waals surface area contributed by atoms with E-state index < -0.39 is 6.04 Å². The lowest BCUT2D eigenvalue weighted by Gasteiger charge is -2.30. The fraction of sp³-hybridized carbons (Fsp3) is 0.160. The van der Waals surface area contributed by atoms with Gasteiger partial charge in [-0.05, 0) is 36.8 Å². The third-order valence-corrected chi connectivity index (χ3v) is 5.21. The maximum Gasteiger partial charge on any atom is 0.251 e. The van der Waals surface area contributed by atoms with E-state index in [1.54, 1.807) is 23.1 Å². The van der Waals surface area contributed by atoms with Gasteiger partial charge in [-0.1, -0.05) is 60.2 Å². The molecular weight excluding hydrogens is 404 g/mol. The second-order valence-corrected chi connectivity index (χ2v) is 7.69. The van der Waals surface area contributed by atoms with Gasteiger partial charge in [-0.25, -0.2) is 0 Å². The van der Waals surface area contributed by atoms with E-state index in [4.69, 9.17) is 0 Å². The van der Waals surface area contributed by atoms with Crippen molar-refractivity contribution in [3.05, 3.63) is 90.0 Å². The van der Waals surface area contributed by atoms with Crippen LogP contribution in [0, 0.1) is 6.92 Å². The van der Waals surface area contributed by atoms with Crippen molar-refractivity contribution < 1.29 is 14.4 Å². The molecule has 32 heavy (non-hydrogen) atoms. The molecule has 0 fully saturated rings. The van der Waals surface area contributed by atoms with Crippen LogP contribution >= 0.6 is 0 Å². The van der Waals surface area contributed by atoms with Crippen LogP contribution in [0.1, 0.15) is 17.2 Å².